The van der Waals surface area contributed by atoms with Crippen molar-refractivity contribution in [2.45, 2.75) is 38.7 Å². The zero-order chi connectivity index (χ0) is 14.9. The lowest BCUT2D eigenvalue weighted by molar-refractivity contribution is 0.0308. The van der Waals surface area contributed by atoms with Crippen molar-refractivity contribution in [3.63, 3.8) is 0 Å². The van der Waals surface area contributed by atoms with E-state index in [-0.39, 0.29) is 11.2 Å². The van der Waals surface area contributed by atoms with Gasteiger partial charge in [0.25, 0.3) is 0 Å². The van der Waals surface area contributed by atoms with E-state index < -0.39 is 0 Å². The minimum atomic E-state index is -0.187. The highest BCUT2D eigenvalue weighted by Gasteiger charge is 2.50. The Morgan fingerprint density at radius 3 is 2.90 bits per heavy atom. The minimum absolute atomic E-state index is 0.150. The second-order valence-electron chi connectivity index (χ2n) is 6.43. The van der Waals surface area contributed by atoms with Gasteiger partial charge in [0.05, 0.1) is 6.10 Å². The third-order valence-electron chi connectivity index (χ3n) is 4.84. The Morgan fingerprint density at radius 2 is 2.24 bits per heavy atom. The Hall–Kier alpha value is -0.450. The Balaban J connectivity index is 1.84. The molecule has 116 valence electrons. The molecular weight excluding hydrogens is 333 g/mol. The van der Waals surface area contributed by atoms with E-state index in [0.717, 1.165) is 42.9 Å². The fraction of sp³-hybridized carbons (Fsp3) is 0.647. The molecule has 0 spiro atoms. The maximum Gasteiger partial charge on any atom is 0.124 e. The molecule has 2 aliphatic rings. The molecule has 4 heteroatoms. The largest absolute Gasteiger partial charge is 0.377 e. The Morgan fingerprint density at radius 1 is 1.43 bits per heavy atom. The van der Waals surface area contributed by atoms with Gasteiger partial charge in [0.2, 0.25) is 0 Å². The Bertz CT molecular complexity index is 506. The summed E-state index contributed by atoms with van der Waals surface area (Å²) in [6.45, 7) is 4.95. The van der Waals surface area contributed by atoms with E-state index in [2.05, 4.69) is 28.2 Å². The summed E-state index contributed by atoms with van der Waals surface area (Å²) in [6.07, 6.45) is 4.98. The van der Waals surface area contributed by atoms with Crippen molar-refractivity contribution in [1.82, 2.24) is 5.32 Å². The summed E-state index contributed by atoms with van der Waals surface area (Å²) < 4.78 is 20.3. The van der Waals surface area contributed by atoms with E-state index in [1.165, 1.54) is 18.4 Å². The van der Waals surface area contributed by atoms with Crippen LogP contribution in [0.3, 0.4) is 0 Å². The van der Waals surface area contributed by atoms with Crippen molar-refractivity contribution in [3.05, 3.63) is 34.1 Å². The molecule has 0 amide bonds. The van der Waals surface area contributed by atoms with Gasteiger partial charge in [0.1, 0.15) is 5.82 Å². The van der Waals surface area contributed by atoms with Crippen molar-refractivity contribution >= 4 is 15.9 Å². The summed E-state index contributed by atoms with van der Waals surface area (Å²) in [7, 11) is 0. The molecular formula is C17H23BrFNO. The van der Waals surface area contributed by atoms with Gasteiger partial charge in [-0.05, 0) is 55.8 Å². The van der Waals surface area contributed by atoms with Crippen LogP contribution >= 0.6 is 15.9 Å². The number of hydrogen-bond acceptors (Lipinski definition) is 2. The lowest BCUT2D eigenvalue weighted by Gasteiger charge is -2.35. The molecule has 1 aromatic carbocycles. The number of benzene rings is 1. The van der Waals surface area contributed by atoms with Crippen LogP contribution in [0.15, 0.2) is 22.7 Å². The third kappa shape index (κ3) is 3.33. The van der Waals surface area contributed by atoms with Crippen LogP contribution in [0.4, 0.5) is 4.39 Å². The second kappa shape index (κ2) is 6.35. The molecule has 0 radical (unpaired) electrons. The van der Waals surface area contributed by atoms with Crippen LogP contribution in [-0.4, -0.2) is 25.8 Å². The fourth-order valence-electron chi connectivity index (χ4n) is 3.60. The summed E-state index contributed by atoms with van der Waals surface area (Å²) in [5.41, 5.74) is 1.34. The van der Waals surface area contributed by atoms with Crippen molar-refractivity contribution < 1.29 is 9.13 Å². The van der Waals surface area contributed by atoms with E-state index >= 15 is 0 Å². The first-order valence-electron chi connectivity index (χ1n) is 7.91. The van der Waals surface area contributed by atoms with Gasteiger partial charge in [-0.25, -0.2) is 4.39 Å². The van der Waals surface area contributed by atoms with Crippen LogP contribution in [0.25, 0.3) is 0 Å². The zero-order valence-electron chi connectivity index (χ0n) is 12.5. The van der Waals surface area contributed by atoms with Gasteiger partial charge in [0.15, 0.2) is 0 Å². The normalized spacial score (nSPS) is 29.0. The summed E-state index contributed by atoms with van der Waals surface area (Å²) in [5.74, 6) is 0.540. The predicted molar refractivity (Wildman–Crippen MR) is 85.9 cm³/mol. The smallest absolute Gasteiger partial charge is 0.124 e. The van der Waals surface area contributed by atoms with Crippen molar-refractivity contribution in [1.29, 1.82) is 0 Å². The van der Waals surface area contributed by atoms with Crippen molar-refractivity contribution in [3.8, 4) is 0 Å². The van der Waals surface area contributed by atoms with Gasteiger partial charge in [0, 0.05) is 23.0 Å². The summed E-state index contributed by atoms with van der Waals surface area (Å²) in [4.78, 5) is 0. The predicted octanol–water partition coefficient (Wildman–Crippen LogP) is 3.93. The van der Waals surface area contributed by atoms with E-state index in [4.69, 9.17) is 4.74 Å². The molecule has 1 saturated carbocycles. The monoisotopic (exact) mass is 355 g/mol. The molecule has 0 bridgehead atoms. The summed E-state index contributed by atoms with van der Waals surface area (Å²) in [5, 5.41) is 3.53. The van der Waals surface area contributed by atoms with Gasteiger partial charge < -0.3 is 10.1 Å². The highest BCUT2D eigenvalue weighted by atomic mass is 79.9. The van der Waals surface area contributed by atoms with E-state index in [0.29, 0.717) is 6.10 Å². The SMILES string of the molecule is CCNCC1(Cc2ccc(F)cc2Br)CCOC1C1CC1. The second-order valence-corrected chi connectivity index (χ2v) is 7.29. The fourth-order valence-corrected chi connectivity index (χ4v) is 4.09. The zero-order valence-corrected chi connectivity index (χ0v) is 14.1. The average Bonchev–Trinajstić information content (AvgIpc) is 3.22. The van der Waals surface area contributed by atoms with Gasteiger partial charge in [-0.15, -0.1) is 0 Å². The molecule has 1 aliphatic carbocycles. The van der Waals surface area contributed by atoms with Crippen LogP contribution in [0.1, 0.15) is 31.7 Å². The van der Waals surface area contributed by atoms with Gasteiger partial charge >= 0.3 is 0 Å². The summed E-state index contributed by atoms with van der Waals surface area (Å²) in [6, 6.07) is 5.04. The van der Waals surface area contributed by atoms with Crippen LogP contribution in [-0.2, 0) is 11.2 Å². The van der Waals surface area contributed by atoms with Crippen LogP contribution in [0, 0.1) is 17.2 Å². The molecule has 0 aromatic heterocycles. The Kier molecular flexibility index (Phi) is 4.67. The highest BCUT2D eigenvalue weighted by Crippen LogP contribution is 2.49. The first kappa shape index (κ1) is 15.4. The molecule has 2 unspecified atom stereocenters. The molecule has 3 rings (SSSR count). The lowest BCUT2D eigenvalue weighted by atomic mass is 9.74. The number of ether oxygens (including phenoxy) is 1. The topological polar surface area (TPSA) is 21.3 Å². The quantitative estimate of drug-likeness (QED) is 0.834. The standard InChI is InChI=1S/C17H23BrFNO/c1-2-20-11-17(7-8-21-16(17)12-3-4-12)10-13-5-6-14(19)9-15(13)18/h5-6,9,12,16,20H,2-4,7-8,10-11H2,1H3. The van der Waals surface area contributed by atoms with Gasteiger partial charge in [-0.3, -0.25) is 0 Å². The number of rotatable bonds is 6. The molecule has 1 aliphatic heterocycles. The molecule has 1 N–H and O–H groups in total. The molecule has 21 heavy (non-hydrogen) atoms. The minimum Gasteiger partial charge on any atom is -0.377 e. The first-order valence-corrected chi connectivity index (χ1v) is 8.70. The van der Waals surface area contributed by atoms with Crippen LogP contribution < -0.4 is 5.32 Å². The van der Waals surface area contributed by atoms with Gasteiger partial charge in [-0.1, -0.05) is 28.9 Å². The number of halogens is 2. The molecule has 2 fully saturated rings. The van der Waals surface area contributed by atoms with Crippen LogP contribution in [0.5, 0.6) is 0 Å². The van der Waals surface area contributed by atoms with E-state index in [1.807, 2.05) is 6.07 Å². The molecule has 1 aromatic rings. The number of nitrogens with one attached hydrogen (secondary N) is 1. The first-order chi connectivity index (χ1) is 10.1. The van der Waals surface area contributed by atoms with Gasteiger partial charge in [-0.2, -0.15) is 0 Å². The molecule has 1 saturated heterocycles. The van der Waals surface area contributed by atoms with E-state index in [9.17, 15) is 4.39 Å². The van der Waals surface area contributed by atoms with E-state index in [1.54, 1.807) is 12.1 Å². The maximum absolute atomic E-state index is 13.3. The number of hydrogen-bond donors (Lipinski definition) is 1. The van der Waals surface area contributed by atoms with Crippen LogP contribution in [0.2, 0.25) is 0 Å². The third-order valence-corrected chi connectivity index (χ3v) is 5.57. The Labute approximate surface area is 134 Å². The maximum atomic E-state index is 13.3. The molecule has 2 atom stereocenters. The molecule has 1 heterocycles. The average molecular weight is 356 g/mol. The molecule has 2 nitrogen and oxygen atoms in total. The summed E-state index contributed by atoms with van der Waals surface area (Å²) >= 11 is 3.52. The highest BCUT2D eigenvalue weighted by molar-refractivity contribution is 9.10. The van der Waals surface area contributed by atoms with Crippen molar-refractivity contribution in [2.24, 2.45) is 11.3 Å². The lowest BCUT2D eigenvalue weighted by Crippen LogP contribution is -2.43. The van der Waals surface area contributed by atoms with Crippen molar-refractivity contribution in [2.75, 3.05) is 19.7 Å².